The monoisotopic (exact) mass is 485 g/mol. The third kappa shape index (κ3) is 4.47. The standard InChI is InChI=1S/C26H31F2N5O2.H2/c27-26(28)16-32(17-26)20-5-3-18(4-6-20)25(34)33-15-19-2-1-9-29-24(19)30-22-8-7-21(14-23(22)33)31-10-12-35-13-11-31;/h1-2,7-9,14,18,20H,3-6,10-13,15-17H2,(H,29,30);1H. The molecule has 0 unspecified atom stereocenters. The number of carbonyl (C=O) groups excluding carboxylic acids is 1. The van der Waals surface area contributed by atoms with Crippen LogP contribution in [-0.4, -0.2) is 67.1 Å². The van der Waals surface area contributed by atoms with Crippen LogP contribution in [0.1, 0.15) is 32.7 Å². The first kappa shape index (κ1) is 22.7. The number of nitrogens with zero attached hydrogens (tertiary/aromatic N) is 4. The van der Waals surface area contributed by atoms with E-state index in [0.717, 1.165) is 67.2 Å². The second-order valence-electron chi connectivity index (χ2n) is 10.1. The highest BCUT2D eigenvalue weighted by molar-refractivity contribution is 6.00. The van der Waals surface area contributed by atoms with Gasteiger partial charge in [-0.2, -0.15) is 0 Å². The minimum atomic E-state index is -2.55. The molecule has 1 saturated carbocycles. The number of amides is 1. The summed E-state index contributed by atoms with van der Waals surface area (Å²) < 4.78 is 32.2. The number of rotatable bonds is 3. The molecule has 2 aromatic rings. The highest BCUT2D eigenvalue weighted by Gasteiger charge is 2.47. The number of nitrogens with one attached hydrogen (secondary N) is 1. The van der Waals surface area contributed by atoms with Crippen LogP contribution in [0.3, 0.4) is 0 Å². The third-order valence-electron chi connectivity index (χ3n) is 7.82. The molecule has 35 heavy (non-hydrogen) atoms. The second-order valence-corrected chi connectivity index (χ2v) is 10.1. The molecule has 6 rings (SSSR count). The summed E-state index contributed by atoms with van der Waals surface area (Å²) >= 11 is 0. The van der Waals surface area contributed by atoms with Crippen LogP contribution in [0, 0.1) is 5.92 Å². The quantitative estimate of drug-likeness (QED) is 0.701. The van der Waals surface area contributed by atoms with Crippen molar-refractivity contribution in [2.75, 3.05) is 54.5 Å². The van der Waals surface area contributed by atoms with Gasteiger partial charge in [-0.3, -0.25) is 9.69 Å². The number of hydrogen-bond acceptors (Lipinski definition) is 6. The summed E-state index contributed by atoms with van der Waals surface area (Å²) in [4.78, 5) is 24.5. The lowest BCUT2D eigenvalue weighted by Gasteiger charge is -2.46. The van der Waals surface area contributed by atoms with E-state index < -0.39 is 5.92 Å². The van der Waals surface area contributed by atoms with Crippen LogP contribution in [0.15, 0.2) is 36.5 Å². The average molecular weight is 486 g/mol. The minimum Gasteiger partial charge on any atom is -0.378 e. The minimum absolute atomic E-state index is 0. The number of anilines is 4. The van der Waals surface area contributed by atoms with Gasteiger partial charge < -0.3 is 19.9 Å². The lowest BCUT2D eigenvalue weighted by atomic mass is 9.83. The van der Waals surface area contributed by atoms with Gasteiger partial charge in [0, 0.05) is 43.9 Å². The van der Waals surface area contributed by atoms with E-state index in [4.69, 9.17) is 4.74 Å². The van der Waals surface area contributed by atoms with Crippen LogP contribution in [0.2, 0.25) is 0 Å². The van der Waals surface area contributed by atoms with E-state index in [1.54, 1.807) is 6.20 Å². The number of alkyl halides is 2. The van der Waals surface area contributed by atoms with Gasteiger partial charge in [-0.15, -0.1) is 0 Å². The zero-order valence-electron chi connectivity index (χ0n) is 19.8. The Bertz CT molecular complexity index is 1100. The number of carbonyl (C=O) groups is 1. The smallest absolute Gasteiger partial charge is 0.272 e. The van der Waals surface area contributed by atoms with Gasteiger partial charge >= 0.3 is 0 Å². The van der Waals surface area contributed by atoms with Crippen molar-refractivity contribution in [2.45, 2.75) is 44.2 Å². The fourth-order valence-corrected chi connectivity index (χ4v) is 5.84. The van der Waals surface area contributed by atoms with Gasteiger partial charge in [0.25, 0.3) is 5.92 Å². The number of ether oxygens (including phenoxy) is 1. The van der Waals surface area contributed by atoms with Crippen LogP contribution >= 0.6 is 0 Å². The molecule has 4 heterocycles. The number of halogens is 2. The molecular formula is C26H33F2N5O2. The van der Waals surface area contributed by atoms with Crippen LogP contribution in [0.25, 0.3) is 0 Å². The SMILES string of the molecule is O=C(C1CCC(N2CC(F)(F)C2)CC1)N1Cc2cccnc2Nc2ccc(N3CCOCC3)cc21.[HH]. The Morgan fingerprint density at radius 1 is 1.11 bits per heavy atom. The van der Waals surface area contributed by atoms with Gasteiger partial charge in [-0.25, -0.2) is 13.8 Å². The first-order valence-electron chi connectivity index (χ1n) is 12.6. The van der Waals surface area contributed by atoms with Crippen molar-refractivity contribution in [1.29, 1.82) is 0 Å². The molecular weight excluding hydrogens is 452 g/mol. The van der Waals surface area contributed by atoms with Gasteiger partial charge in [0.2, 0.25) is 5.91 Å². The van der Waals surface area contributed by atoms with Gasteiger partial charge in [0.15, 0.2) is 0 Å². The molecule has 0 spiro atoms. The van der Waals surface area contributed by atoms with Crippen LogP contribution in [0.4, 0.5) is 31.7 Å². The highest BCUT2D eigenvalue weighted by atomic mass is 19.3. The Kier molecular flexibility index (Phi) is 5.84. The lowest BCUT2D eigenvalue weighted by molar-refractivity contribution is -0.152. The number of benzene rings is 1. The Morgan fingerprint density at radius 2 is 1.89 bits per heavy atom. The predicted octanol–water partition coefficient (Wildman–Crippen LogP) is 4.26. The molecule has 0 radical (unpaired) electrons. The Balaban J connectivity index is 0.00000267. The number of hydrogen-bond donors (Lipinski definition) is 1. The van der Waals surface area contributed by atoms with E-state index in [2.05, 4.69) is 27.3 Å². The molecule has 4 aliphatic rings. The fourth-order valence-electron chi connectivity index (χ4n) is 5.84. The largest absolute Gasteiger partial charge is 0.378 e. The van der Waals surface area contributed by atoms with Crippen molar-refractivity contribution in [1.82, 2.24) is 9.88 Å². The molecule has 0 bridgehead atoms. The molecule has 3 aliphatic heterocycles. The Hall–Kier alpha value is -2.78. The molecule has 0 atom stereocenters. The summed E-state index contributed by atoms with van der Waals surface area (Å²) in [5, 5.41) is 3.44. The van der Waals surface area contributed by atoms with Gasteiger partial charge in [0.05, 0.1) is 44.2 Å². The first-order chi connectivity index (χ1) is 17.0. The molecule has 1 aromatic carbocycles. The summed E-state index contributed by atoms with van der Waals surface area (Å²) in [6.45, 7) is 3.19. The topological polar surface area (TPSA) is 60.9 Å². The van der Waals surface area contributed by atoms with Crippen molar-refractivity contribution in [3.63, 3.8) is 0 Å². The zero-order chi connectivity index (χ0) is 24.0. The third-order valence-corrected chi connectivity index (χ3v) is 7.82. The maximum absolute atomic E-state index is 13.9. The van der Waals surface area contributed by atoms with Crippen molar-refractivity contribution in [3.8, 4) is 0 Å². The lowest BCUT2D eigenvalue weighted by Crippen LogP contribution is -2.60. The first-order valence-corrected chi connectivity index (χ1v) is 12.6. The molecule has 1 N–H and O–H groups in total. The summed E-state index contributed by atoms with van der Waals surface area (Å²) in [7, 11) is 0. The molecule has 2 saturated heterocycles. The predicted molar refractivity (Wildman–Crippen MR) is 133 cm³/mol. The summed E-state index contributed by atoms with van der Waals surface area (Å²) in [6, 6.07) is 10.3. The number of pyridine rings is 1. The number of morpholine rings is 1. The van der Waals surface area contributed by atoms with Crippen molar-refractivity contribution >= 4 is 28.8 Å². The van der Waals surface area contributed by atoms with E-state index in [1.165, 1.54) is 0 Å². The molecule has 3 fully saturated rings. The molecule has 1 aliphatic carbocycles. The average Bonchev–Trinajstić information content (AvgIpc) is 3.04. The maximum atomic E-state index is 13.9. The summed E-state index contributed by atoms with van der Waals surface area (Å²) in [6.07, 6.45) is 4.79. The van der Waals surface area contributed by atoms with E-state index in [9.17, 15) is 13.6 Å². The fraction of sp³-hybridized carbons (Fsp3) is 0.538. The van der Waals surface area contributed by atoms with Gasteiger partial charge in [-0.05, 0) is 49.9 Å². The zero-order valence-corrected chi connectivity index (χ0v) is 19.8. The van der Waals surface area contributed by atoms with Gasteiger partial charge in [-0.1, -0.05) is 6.07 Å². The molecule has 7 nitrogen and oxygen atoms in total. The molecule has 9 heteroatoms. The number of aromatic nitrogens is 1. The van der Waals surface area contributed by atoms with Crippen LogP contribution in [0.5, 0.6) is 0 Å². The molecule has 1 amide bonds. The Morgan fingerprint density at radius 3 is 2.63 bits per heavy atom. The van der Waals surface area contributed by atoms with Crippen LogP contribution in [-0.2, 0) is 16.1 Å². The van der Waals surface area contributed by atoms with Crippen LogP contribution < -0.4 is 15.1 Å². The summed E-state index contributed by atoms with van der Waals surface area (Å²) in [5.74, 6) is -1.78. The van der Waals surface area contributed by atoms with E-state index in [1.807, 2.05) is 28.0 Å². The second kappa shape index (κ2) is 9.02. The number of fused-ring (bicyclic) bond motifs is 2. The van der Waals surface area contributed by atoms with Crippen molar-refractivity contribution in [3.05, 3.63) is 42.1 Å². The van der Waals surface area contributed by atoms with Crippen molar-refractivity contribution in [2.24, 2.45) is 5.92 Å². The van der Waals surface area contributed by atoms with E-state index >= 15 is 0 Å². The highest BCUT2D eigenvalue weighted by Crippen LogP contribution is 2.41. The van der Waals surface area contributed by atoms with Crippen molar-refractivity contribution < 1.29 is 19.7 Å². The van der Waals surface area contributed by atoms with Gasteiger partial charge in [0.1, 0.15) is 5.82 Å². The Labute approximate surface area is 205 Å². The molecule has 1 aromatic heterocycles. The van der Waals surface area contributed by atoms with E-state index in [0.29, 0.717) is 19.8 Å². The normalized spacial score (nSPS) is 26.1. The molecule has 188 valence electrons. The number of likely N-dealkylation sites (tertiary alicyclic amines) is 1. The maximum Gasteiger partial charge on any atom is 0.272 e. The van der Waals surface area contributed by atoms with E-state index in [-0.39, 0.29) is 32.4 Å². The summed E-state index contributed by atoms with van der Waals surface area (Å²) in [5.41, 5.74) is 3.78.